The topological polar surface area (TPSA) is 67.5 Å². The Morgan fingerprint density at radius 3 is 2.88 bits per heavy atom. The molecular weight excluding hydrogens is 204 g/mol. The summed E-state index contributed by atoms with van der Waals surface area (Å²) in [6.07, 6.45) is 2.08. The molecule has 0 aliphatic heterocycles. The van der Waals surface area contributed by atoms with Gasteiger partial charge in [-0.15, -0.1) is 0 Å². The summed E-state index contributed by atoms with van der Waals surface area (Å²) in [5, 5.41) is 12.9. The smallest absolute Gasteiger partial charge is 0.120 e. The molecule has 0 spiro atoms. The van der Waals surface area contributed by atoms with Gasteiger partial charge < -0.3 is 20.9 Å². The molecule has 0 atom stereocenters. The van der Waals surface area contributed by atoms with E-state index in [0.29, 0.717) is 12.3 Å². The summed E-state index contributed by atoms with van der Waals surface area (Å²) < 4.78 is 5.10. The lowest BCUT2D eigenvalue weighted by Gasteiger charge is -2.08. The van der Waals surface area contributed by atoms with Crippen LogP contribution < -0.4 is 15.8 Å². The van der Waals surface area contributed by atoms with Gasteiger partial charge in [-0.2, -0.15) is 0 Å². The van der Waals surface area contributed by atoms with Crippen LogP contribution in [-0.2, 0) is 6.54 Å². The molecule has 4 N–H and O–H groups in total. The Labute approximate surface area is 96.4 Å². The van der Waals surface area contributed by atoms with Crippen LogP contribution in [0.3, 0.4) is 0 Å². The maximum atomic E-state index is 9.62. The summed E-state index contributed by atoms with van der Waals surface area (Å²) in [5.74, 6) is 1.06. The minimum atomic E-state index is 0.298. The molecule has 4 heteroatoms. The van der Waals surface area contributed by atoms with Gasteiger partial charge in [0.05, 0.1) is 7.11 Å². The second-order valence-electron chi connectivity index (χ2n) is 3.67. The van der Waals surface area contributed by atoms with Crippen molar-refractivity contribution in [2.75, 3.05) is 20.2 Å². The van der Waals surface area contributed by atoms with Crippen molar-refractivity contribution in [2.24, 2.45) is 5.73 Å². The third-order valence-electron chi connectivity index (χ3n) is 2.41. The number of phenols is 1. The van der Waals surface area contributed by atoms with Crippen molar-refractivity contribution in [1.29, 1.82) is 0 Å². The minimum absolute atomic E-state index is 0.298. The molecule has 0 saturated heterocycles. The average Bonchev–Trinajstić information content (AvgIpc) is 2.31. The van der Waals surface area contributed by atoms with Crippen LogP contribution in [0.4, 0.5) is 0 Å². The van der Waals surface area contributed by atoms with Crippen molar-refractivity contribution in [3.8, 4) is 11.5 Å². The summed E-state index contributed by atoms with van der Waals surface area (Å²) in [5.41, 5.74) is 6.25. The molecule has 0 aromatic heterocycles. The number of methoxy groups -OCH3 is 1. The number of phenolic OH excluding ortho intramolecular Hbond substituents is 1. The van der Waals surface area contributed by atoms with E-state index in [1.54, 1.807) is 19.2 Å². The molecule has 0 aliphatic rings. The number of ether oxygens (including phenoxy) is 1. The predicted molar refractivity (Wildman–Crippen MR) is 64.7 cm³/mol. The standard InChI is InChI=1S/C12H20N2O2/c1-16-11-4-5-12(15)10(8-11)9-14-7-3-2-6-13/h4-5,8,14-15H,2-3,6-7,9,13H2,1H3. The van der Waals surface area contributed by atoms with E-state index in [1.165, 1.54) is 0 Å². The first-order valence-electron chi connectivity index (χ1n) is 5.54. The normalized spacial score (nSPS) is 10.4. The third kappa shape index (κ3) is 4.08. The Hall–Kier alpha value is -1.26. The number of rotatable bonds is 7. The largest absolute Gasteiger partial charge is 0.508 e. The van der Waals surface area contributed by atoms with E-state index in [9.17, 15) is 5.11 Å². The minimum Gasteiger partial charge on any atom is -0.508 e. The first kappa shape index (κ1) is 12.8. The molecule has 0 aliphatic carbocycles. The van der Waals surface area contributed by atoms with Crippen LogP contribution in [0.5, 0.6) is 11.5 Å². The fourth-order valence-corrected chi connectivity index (χ4v) is 1.45. The zero-order valence-corrected chi connectivity index (χ0v) is 9.70. The number of hydrogen-bond acceptors (Lipinski definition) is 4. The Morgan fingerprint density at radius 2 is 2.19 bits per heavy atom. The average molecular weight is 224 g/mol. The summed E-state index contributed by atoms with van der Waals surface area (Å²) in [6, 6.07) is 5.23. The van der Waals surface area contributed by atoms with E-state index in [0.717, 1.165) is 37.2 Å². The highest BCUT2D eigenvalue weighted by atomic mass is 16.5. The number of benzene rings is 1. The van der Waals surface area contributed by atoms with Crippen molar-refractivity contribution in [1.82, 2.24) is 5.32 Å². The maximum Gasteiger partial charge on any atom is 0.120 e. The van der Waals surface area contributed by atoms with Gasteiger partial charge in [-0.1, -0.05) is 0 Å². The second-order valence-corrected chi connectivity index (χ2v) is 3.67. The number of unbranched alkanes of at least 4 members (excludes halogenated alkanes) is 1. The molecule has 0 fully saturated rings. The Balaban J connectivity index is 2.40. The molecule has 90 valence electrons. The third-order valence-corrected chi connectivity index (χ3v) is 2.41. The molecule has 4 nitrogen and oxygen atoms in total. The molecule has 0 saturated carbocycles. The van der Waals surface area contributed by atoms with E-state index in [-0.39, 0.29) is 0 Å². The van der Waals surface area contributed by atoms with Gasteiger partial charge in [-0.25, -0.2) is 0 Å². The lowest BCUT2D eigenvalue weighted by atomic mass is 10.2. The van der Waals surface area contributed by atoms with Crippen molar-refractivity contribution < 1.29 is 9.84 Å². The van der Waals surface area contributed by atoms with Gasteiger partial charge in [-0.3, -0.25) is 0 Å². The molecule has 1 aromatic carbocycles. The Bertz CT molecular complexity index is 316. The second kappa shape index (κ2) is 7.09. The van der Waals surface area contributed by atoms with E-state index in [4.69, 9.17) is 10.5 Å². The number of aromatic hydroxyl groups is 1. The highest BCUT2D eigenvalue weighted by Gasteiger charge is 2.02. The molecule has 0 amide bonds. The van der Waals surface area contributed by atoms with E-state index in [2.05, 4.69) is 5.32 Å². The van der Waals surface area contributed by atoms with E-state index >= 15 is 0 Å². The highest BCUT2D eigenvalue weighted by molar-refractivity contribution is 5.39. The summed E-state index contributed by atoms with van der Waals surface area (Å²) in [4.78, 5) is 0. The van der Waals surface area contributed by atoms with Crippen molar-refractivity contribution >= 4 is 0 Å². The van der Waals surface area contributed by atoms with Gasteiger partial charge in [-0.05, 0) is 44.1 Å². The van der Waals surface area contributed by atoms with Gasteiger partial charge in [0.25, 0.3) is 0 Å². The predicted octanol–water partition coefficient (Wildman–Crippen LogP) is 1.23. The van der Waals surface area contributed by atoms with Crippen LogP contribution in [0.1, 0.15) is 18.4 Å². The van der Waals surface area contributed by atoms with Crippen molar-refractivity contribution in [3.05, 3.63) is 23.8 Å². The molecular formula is C12H20N2O2. The number of nitrogens with two attached hydrogens (primary N) is 1. The van der Waals surface area contributed by atoms with E-state index in [1.807, 2.05) is 6.07 Å². The zero-order chi connectivity index (χ0) is 11.8. The van der Waals surface area contributed by atoms with Crippen LogP contribution in [-0.4, -0.2) is 25.3 Å². The number of hydrogen-bond donors (Lipinski definition) is 3. The van der Waals surface area contributed by atoms with E-state index < -0.39 is 0 Å². The molecule has 0 unspecified atom stereocenters. The Kier molecular flexibility index (Phi) is 5.67. The van der Waals surface area contributed by atoms with Gasteiger partial charge in [0.1, 0.15) is 11.5 Å². The molecule has 0 radical (unpaired) electrons. The first-order chi connectivity index (χ1) is 7.77. The van der Waals surface area contributed by atoms with Gasteiger partial charge in [0.2, 0.25) is 0 Å². The van der Waals surface area contributed by atoms with Crippen LogP contribution in [0.2, 0.25) is 0 Å². The lowest BCUT2D eigenvalue weighted by Crippen LogP contribution is -2.15. The van der Waals surface area contributed by atoms with Crippen LogP contribution >= 0.6 is 0 Å². The SMILES string of the molecule is COc1ccc(O)c(CNCCCCN)c1. The fraction of sp³-hybridized carbons (Fsp3) is 0.500. The molecule has 1 rings (SSSR count). The fourth-order valence-electron chi connectivity index (χ4n) is 1.45. The van der Waals surface area contributed by atoms with Crippen molar-refractivity contribution in [3.63, 3.8) is 0 Å². The quantitative estimate of drug-likeness (QED) is 0.609. The number of nitrogens with one attached hydrogen (secondary N) is 1. The van der Waals surface area contributed by atoms with Crippen molar-refractivity contribution in [2.45, 2.75) is 19.4 Å². The zero-order valence-electron chi connectivity index (χ0n) is 9.70. The van der Waals surface area contributed by atoms with Gasteiger partial charge >= 0.3 is 0 Å². The molecule has 1 aromatic rings. The van der Waals surface area contributed by atoms with Gasteiger partial charge in [0, 0.05) is 12.1 Å². The molecule has 0 bridgehead atoms. The van der Waals surface area contributed by atoms with Crippen LogP contribution in [0, 0.1) is 0 Å². The molecule has 0 heterocycles. The van der Waals surface area contributed by atoms with Gasteiger partial charge in [0.15, 0.2) is 0 Å². The summed E-state index contributed by atoms with van der Waals surface area (Å²) in [6.45, 7) is 2.29. The van der Waals surface area contributed by atoms with Crippen LogP contribution in [0.15, 0.2) is 18.2 Å². The lowest BCUT2D eigenvalue weighted by molar-refractivity contribution is 0.410. The highest BCUT2D eigenvalue weighted by Crippen LogP contribution is 2.22. The maximum absolute atomic E-state index is 9.62. The van der Waals surface area contributed by atoms with Crippen LogP contribution in [0.25, 0.3) is 0 Å². The summed E-state index contributed by atoms with van der Waals surface area (Å²) in [7, 11) is 1.62. The monoisotopic (exact) mass is 224 g/mol. The Morgan fingerprint density at radius 1 is 1.38 bits per heavy atom. The first-order valence-corrected chi connectivity index (χ1v) is 5.54. The summed E-state index contributed by atoms with van der Waals surface area (Å²) >= 11 is 0. The molecule has 16 heavy (non-hydrogen) atoms.